The molecule has 0 fully saturated rings. The van der Waals surface area contributed by atoms with Gasteiger partial charge in [-0.05, 0) is 35.4 Å². The maximum Gasteiger partial charge on any atom is 0.161 e. The van der Waals surface area contributed by atoms with E-state index in [9.17, 15) is 0 Å². The quantitative estimate of drug-likeness (QED) is 0.471. The van der Waals surface area contributed by atoms with Crippen LogP contribution in [0.15, 0.2) is 72.0 Å². The molecule has 5 nitrogen and oxygen atoms in total. The van der Waals surface area contributed by atoms with E-state index in [1.807, 2.05) is 60.7 Å². The third kappa shape index (κ3) is 4.39. The van der Waals surface area contributed by atoms with Gasteiger partial charge in [0, 0.05) is 11.8 Å². The number of oxime groups is 1. The van der Waals surface area contributed by atoms with Gasteiger partial charge in [0.1, 0.15) is 6.61 Å². The van der Waals surface area contributed by atoms with E-state index in [2.05, 4.69) is 10.1 Å². The molecule has 0 saturated heterocycles. The number of rotatable bonds is 7. The fourth-order valence-corrected chi connectivity index (χ4v) is 2.47. The molecule has 3 aromatic rings. The first-order valence-electron chi connectivity index (χ1n) is 8.18. The van der Waals surface area contributed by atoms with E-state index in [4.69, 9.17) is 14.3 Å². The number of hydrogen-bond acceptors (Lipinski definition) is 5. The monoisotopic (exact) mass is 348 g/mol. The van der Waals surface area contributed by atoms with Crippen LogP contribution in [0.4, 0.5) is 0 Å². The van der Waals surface area contributed by atoms with Crippen LogP contribution in [0.3, 0.4) is 0 Å². The van der Waals surface area contributed by atoms with Gasteiger partial charge in [-0.2, -0.15) is 0 Å². The van der Waals surface area contributed by atoms with Crippen molar-refractivity contribution in [2.24, 2.45) is 5.16 Å². The molecule has 0 saturated carbocycles. The molecule has 5 heteroatoms. The van der Waals surface area contributed by atoms with Gasteiger partial charge in [-0.15, -0.1) is 0 Å². The van der Waals surface area contributed by atoms with E-state index in [0.717, 1.165) is 22.4 Å². The van der Waals surface area contributed by atoms with Gasteiger partial charge in [0.2, 0.25) is 0 Å². The first-order valence-corrected chi connectivity index (χ1v) is 8.18. The van der Waals surface area contributed by atoms with Gasteiger partial charge in [0.25, 0.3) is 0 Å². The van der Waals surface area contributed by atoms with Crippen molar-refractivity contribution in [3.05, 3.63) is 78.0 Å². The normalized spacial score (nSPS) is 10.7. The minimum atomic E-state index is 0.341. The first-order chi connectivity index (χ1) is 12.8. The van der Waals surface area contributed by atoms with Crippen LogP contribution < -0.4 is 9.47 Å². The first kappa shape index (κ1) is 17.5. The highest BCUT2D eigenvalue weighted by atomic mass is 16.6. The van der Waals surface area contributed by atoms with Gasteiger partial charge in [-0.3, -0.25) is 4.98 Å². The topological polar surface area (TPSA) is 52.9 Å². The minimum Gasteiger partial charge on any atom is -0.493 e. The standard InChI is InChI=1S/C21H20N2O3/c1-24-20-9-8-17(13-21(20)25-2)15-26-23-14-16-10-11-22-19(12-16)18-6-4-3-5-7-18/h3-14H,15H2,1-2H3. The number of aromatic nitrogens is 1. The summed E-state index contributed by atoms with van der Waals surface area (Å²) in [5, 5.41) is 4.04. The van der Waals surface area contributed by atoms with Crippen LogP contribution in [0.2, 0.25) is 0 Å². The Morgan fingerprint density at radius 1 is 0.923 bits per heavy atom. The summed E-state index contributed by atoms with van der Waals surface area (Å²) in [7, 11) is 3.21. The van der Waals surface area contributed by atoms with E-state index in [-0.39, 0.29) is 0 Å². The van der Waals surface area contributed by atoms with E-state index >= 15 is 0 Å². The highest BCUT2D eigenvalue weighted by molar-refractivity contribution is 5.81. The highest BCUT2D eigenvalue weighted by Crippen LogP contribution is 2.27. The second kappa shape index (κ2) is 8.67. The molecule has 0 amide bonds. The predicted molar refractivity (Wildman–Crippen MR) is 102 cm³/mol. The fourth-order valence-electron chi connectivity index (χ4n) is 2.47. The summed E-state index contributed by atoms with van der Waals surface area (Å²) in [4.78, 5) is 9.79. The second-order valence-electron chi connectivity index (χ2n) is 5.54. The molecule has 0 bridgehead atoms. The van der Waals surface area contributed by atoms with Gasteiger partial charge < -0.3 is 14.3 Å². The van der Waals surface area contributed by atoms with Gasteiger partial charge in [-0.25, -0.2) is 0 Å². The maximum atomic E-state index is 5.39. The number of ether oxygens (including phenoxy) is 2. The fraction of sp³-hybridized carbons (Fsp3) is 0.143. The lowest BCUT2D eigenvalue weighted by Crippen LogP contribution is -1.94. The summed E-state index contributed by atoms with van der Waals surface area (Å²) in [5.41, 5.74) is 3.83. The Kier molecular flexibility index (Phi) is 5.83. The minimum absolute atomic E-state index is 0.341. The molecule has 0 N–H and O–H groups in total. The summed E-state index contributed by atoms with van der Waals surface area (Å²) in [6.45, 7) is 0.341. The van der Waals surface area contributed by atoms with Crippen molar-refractivity contribution in [3.8, 4) is 22.8 Å². The number of benzene rings is 2. The lowest BCUT2D eigenvalue weighted by atomic mass is 10.1. The molecule has 3 rings (SSSR count). The molecule has 0 spiro atoms. The number of pyridine rings is 1. The molecule has 132 valence electrons. The van der Waals surface area contributed by atoms with Gasteiger partial charge in [0.15, 0.2) is 11.5 Å². The van der Waals surface area contributed by atoms with Crippen molar-refractivity contribution in [1.82, 2.24) is 4.98 Å². The number of nitrogens with zero attached hydrogens (tertiary/aromatic N) is 2. The molecule has 1 heterocycles. The third-order valence-corrected chi connectivity index (χ3v) is 3.81. The van der Waals surface area contributed by atoms with Crippen LogP contribution in [0.5, 0.6) is 11.5 Å². The molecule has 2 aromatic carbocycles. The van der Waals surface area contributed by atoms with Crippen molar-refractivity contribution < 1.29 is 14.3 Å². The van der Waals surface area contributed by atoms with Gasteiger partial charge in [-0.1, -0.05) is 41.6 Å². The Morgan fingerprint density at radius 3 is 2.50 bits per heavy atom. The Balaban J connectivity index is 1.63. The zero-order valence-corrected chi connectivity index (χ0v) is 14.8. The van der Waals surface area contributed by atoms with E-state index < -0.39 is 0 Å². The van der Waals surface area contributed by atoms with Crippen LogP contribution in [-0.4, -0.2) is 25.4 Å². The number of hydrogen-bond donors (Lipinski definition) is 0. The molecule has 0 unspecified atom stereocenters. The molecule has 0 aliphatic rings. The zero-order valence-electron chi connectivity index (χ0n) is 14.8. The second-order valence-corrected chi connectivity index (χ2v) is 5.54. The van der Waals surface area contributed by atoms with E-state index in [1.54, 1.807) is 26.6 Å². The molecule has 0 aliphatic heterocycles. The lowest BCUT2D eigenvalue weighted by Gasteiger charge is -2.08. The zero-order chi connectivity index (χ0) is 18.2. The molecular weight excluding hydrogens is 328 g/mol. The summed E-state index contributed by atoms with van der Waals surface area (Å²) in [6, 6.07) is 19.5. The van der Waals surface area contributed by atoms with Crippen molar-refractivity contribution in [2.45, 2.75) is 6.61 Å². The van der Waals surface area contributed by atoms with Crippen molar-refractivity contribution in [3.63, 3.8) is 0 Å². The molecule has 0 aliphatic carbocycles. The van der Waals surface area contributed by atoms with Crippen LogP contribution in [0.25, 0.3) is 11.3 Å². The van der Waals surface area contributed by atoms with Crippen molar-refractivity contribution in [1.29, 1.82) is 0 Å². The van der Waals surface area contributed by atoms with Crippen LogP contribution in [0.1, 0.15) is 11.1 Å². The molecule has 0 atom stereocenters. The van der Waals surface area contributed by atoms with E-state index in [0.29, 0.717) is 18.1 Å². The molecular formula is C21H20N2O3. The van der Waals surface area contributed by atoms with Gasteiger partial charge in [0.05, 0.1) is 26.1 Å². The molecule has 26 heavy (non-hydrogen) atoms. The average molecular weight is 348 g/mol. The Morgan fingerprint density at radius 2 is 1.73 bits per heavy atom. The summed E-state index contributed by atoms with van der Waals surface area (Å²) in [5.74, 6) is 1.35. The third-order valence-electron chi connectivity index (χ3n) is 3.81. The largest absolute Gasteiger partial charge is 0.493 e. The lowest BCUT2D eigenvalue weighted by molar-refractivity contribution is 0.132. The molecule has 0 radical (unpaired) electrons. The molecule has 1 aromatic heterocycles. The van der Waals surface area contributed by atoms with Crippen LogP contribution in [0, 0.1) is 0 Å². The maximum absolute atomic E-state index is 5.39. The smallest absolute Gasteiger partial charge is 0.161 e. The Labute approximate surface area is 152 Å². The van der Waals surface area contributed by atoms with E-state index in [1.165, 1.54) is 0 Å². The average Bonchev–Trinajstić information content (AvgIpc) is 2.72. The van der Waals surface area contributed by atoms with Gasteiger partial charge >= 0.3 is 0 Å². The van der Waals surface area contributed by atoms with Crippen LogP contribution in [-0.2, 0) is 11.4 Å². The SMILES string of the molecule is COc1ccc(CON=Cc2ccnc(-c3ccccc3)c2)cc1OC. The Hall–Kier alpha value is -3.34. The van der Waals surface area contributed by atoms with Crippen molar-refractivity contribution in [2.75, 3.05) is 14.2 Å². The number of methoxy groups -OCH3 is 2. The summed E-state index contributed by atoms with van der Waals surface area (Å²) >= 11 is 0. The summed E-state index contributed by atoms with van der Waals surface area (Å²) < 4.78 is 10.5. The highest BCUT2D eigenvalue weighted by Gasteiger charge is 2.04. The van der Waals surface area contributed by atoms with Crippen LogP contribution >= 0.6 is 0 Å². The van der Waals surface area contributed by atoms with Crippen molar-refractivity contribution >= 4 is 6.21 Å². The Bertz CT molecular complexity index is 879. The summed E-state index contributed by atoms with van der Waals surface area (Å²) in [6.07, 6.45) is 3.44. The predicted octanol–water partition coefficient (Wildman–Crippen LogP) is 4.32.